The Morgan fingerprint density at radius 3 is 2.64 bits per heavy atom. The van der Waals surface area contributed by atoms with Crippen LogP contribution in [-0.2, 0) is 25.6 Å². The molecule has 4 unspecified atom stereocenters. The van der Waals surface area contributed by atoms with Crippen molar-refractivity contribution in [2.24, 2.45) is 11.5 Å². The molecule has 1 aromatic heterocycles. The fourth-order valence-corrected chi connectivity index (χ4v) is 4.58. The molecule has 3 rings (SSSR count). The Morgan fingerprint density at radius 2 is 1.92 bits per heavy atom. The number of carbonyl (C=O) groups excluding carboxylic acids is 3. The SMILES string of the molecule is CC(NC(=O)C(CCCCN)NC(=O)C(N)Cc1c[nH]c2ccccc12)C(=O)N1CCCC1C(=O)O. The van der Waals surface area contributed by atoms with Gasteiger partial charge in [-0.15, -0.1) is 0 Å². The molecule has 1 aliphatic rings. The van der Waals surface area contributed by atoms with Crippen molar-refractivity contribution in [2.45, 2.75) is 69.6 Å². The molecule has 11 nitrogen and oxygen atoms in total. The third kappa shape index (κ3) is 6.61. The zero-order valence-corrected chi connectivity index (χ0v) is 20.5. The first-order chi connectivity index (χ1) is 17.2. The van der Waals surface area contributed by atoms with Gasteiger partial charge in [-0.2, -0.15) is 0 Å². The first-order valence-electron chi connectivity index (χ1n) is 12.4. The molecule has 0 spiro atoms. The molecule has 1 fully saturated rings. The summed E-state index contributed by atoms with van der Waals surface area (Å²) >= 11 is 0. The molecule has 1 aliphatic heterocycles. The number of unbranched alkanes of at least 4 members (excludes halogenated alkanes) is 1. The lowest BCUT2D eigenvalue weighted by molar-refractivity contribution is -0.149. The summed E-state index contributed by atoms with van der Waals surface area (Å²) in [6, 6.07) is 4.10. The number of rotatable bonds is 12. The molecule has 2 aromatic rings. The van der Waals surface area contributed by atoms with Crippen molar-refractivity contribution in [3.8, 4) is 0 Å². The molecule has 3 amide bonds. The number of hydrogen-bond donors (Lipinski definition) is 6. The second-order valence-corrected chi connectivity index (χ2v) is 9.27. The summed E-state index contributed by atoms with van der Waals surface area (Å²) in [5.74, 6) is -2.52. The van der Waals surface area contributed by atoms with Gasteiger partial charge in [-0.05, 0) is 63.6 Å². The number of fused-ring (bicyclic) bond motifs is 1. The summed E-state index contributed by atoms with van der Waals surface area (Å²) in [5.41, 5.74) is 13.6. The Kier molecular flexibility index (Phi) is 9.43. The van der Waals surface area contributed by atoms with E-state index in [0.717, 1.165) is 16.5 Å². The molecule has 4 atom stereocenters. The number of carboxylic acids is 1. The zero-order valence-electron chi connectivity index (χ0n) is 20.5. The van der Waals surface area contributed by atoms with Gasteiger partial charge in [0.05, 0.1) is 6.04 Å². The molecule has 1 aromatic carbocycles. The highest BCUT2D eigenvalue weighted by atomic mass is 16.4. The fourth-order valence-electron chi connectivity index (χ4n) is 4.58. The number of amides is 3. The van der Waals surface area contributed by atoms with Crippen LogP contribution in [0.5, 0.6) is 0 Å². The van der Waals surface area contributed by atoms with Crippen molar-refractivity contribution in [2.75, 3.05) is 13.1 Å². The van der Waals surface area contributed by atoms with Crippen LogP contribution in [0.1, 0.15) is 44.6 Å². The number of aliphatic carboxylic acids is 1. The Balaban J connectivity index is 1.62. The maximum absolute atomic E-state index is 13.0. The van der Waals surface area contributed by atoms with Crippen molar-refractivity contribution in [1.82, 2.24) is 20.5 Å². The van der Waals surface area contributed by atoms with Crippen molar-refractivity contribution in [1.29, 1.82) is 0 Å². The van der Waals surface area contributed by atoms with Crippen LogP contribution in [0.2, 0.25) is 0 Å². The average Bonchev–Trinajstić information content (AvgIpc) is 3.50. The van der Waals surface area contributed by atoms with E-state index in [9.17, 15) is 24.3 Å². The van der Waals surface area contributed by atoms with E-state index in [1.807, 2.05) is 30.5 Å². The lowest BCUT2D eigenvalue weighted by Gasteiger charge is -2.27. The quantitative estimate of drug-likeness (QED) is 0.225. The van der Waals surface area contributed by atoms with Crippen molar-refractivity contribution >= 4 is 34.6 Å². The number of nitrogens with one attached hydrogen (secondary N) is 3. The van der Waals surface area contributed by atoms with Crippen LogP contribution in [0.15, 0.2) is 30.5 Å². The molecule has 0 bridgehead atoms. The molecule has 2 heterocycles. The first kappa shape index (κ1) is 27.2. The minimum Gasteiger partial charge on any atom is -0.480 e. The molecule has 36 heavy (non-hydrogen) atoms. The number of hydrogen-bond acceptors (Lipinski definition) is 6. The molecule has 1 saturated heterocycles. The molecule has 0 radical (unpaired) electrons. The van der Waals surface area contributed by atoms with Gasteiger partial charge in [0.1, 0.15) is 18.1 Å². The molecule has 0 saturated carbocycles. The van der Waals surface area contributed by atoms with Gasteiger partial charge in [0.15, 0.2) is 0 Å². The number of para-hydroxylation sites is 1. The number of carboxylic acid groups (broad SMARTS) is 1. The van der Waals surface area contributed by atoms with Crippen LogP contribution in [0, 0.1) is 0 Å². The second kappa shape index (κ2) is 12.5. The molecule has 0 aliphatic carbocycles. The van der Waals surface area contributed by atoms with Crippen LogP contribution in [0.3, 0.4) is 0 Å². The third-order valence-electron chi connectivity index (χ3n) is 6.58. The number of nitrogens with zero attached hydrogens (tertiary/aromatic N) is 1. The second-order valence-electron chi connectivity index (χ2n) is 9.27. The summed E-state index contributed by atoms with van der Waals surface area (Å²) in [7, 11) is 0. The van der Waals surface area contributed by atoms with Gasteiger partial charge in [-0.1, -0.05) is 18.2 Å². The highest BCUT2D eigenvalue weighted by Crippen LogP contribution is 2.20. The number of likely N-dealkylation sites (tertiary alicyclic amines) is 1. The van der Waals surface area contributed by atoms with Crippen LogP contribution in [-0.4, -0.2) is 75.9 Å². The highest BCUT2D eigenvalue weighted by molar-refractivity contribution is 5.94. The van der Waals surface area contributed by atoms with E-state index in [1.165, 1.54) is 11.8 Å². The topological polar surface area (TPSA) is 184 Å². The molecular weight excluding hydrogens is 464 g/mol. The highest BCUT2D eigenvalue weighted by Gasteiger charge is 2.37. The normalized spacial score (nSPS) is 18.0. The fraction of sp³-hybridized carbons (Fsp3) is 0.520. The van der Waals surface area contributed by atoms with Gasteiger partial charge >= 0.3 is 5.97 Å². The van der Waals surface area contributed by atoms with E-state index < -0.39 is 47.9 Å². The maximum atomic E-state index is 13.0. The Bertz CT molecular complexity index is 1090. The molecular formula is C25H36N6O5. The monoisotopic (exact) mass is 500 g/mol. The summed E-state index contributed by atoms with van der Waals surface area (Å²) in [6.45, 7) is 2.29. The van der Waals surface area contributed by atoms with Crippen LogP contribution >= 0.6 is 0 Å². The summed E-state index contributed by atoms with van der Waals surface area (Å²) < 4.78 is 0. The Hall–Kier alpha value is -3.44. The van der Waals surface area contributed by atoms with E-state index in [4.69, 9.17) is 11.5 Å². The predicted octanol–water partition coefficient (Wildman–Crippen LogP) is 0.232. The summed E-state index contributed by atoms with van der Waals surface area (Å²) in [4.78, 5) is 54.6. The average molecular weight is 501 g/mol. The van der Waals surface area contributed by atoms with E-state index in [-0.39, 0.29) is 6.42 Å². The minimum atomic E-state index is -1.06. The van der Waals surface area contributed by atoms with Gasteiger partial charge in [0.2, 0.25) is 17.7 Å². The summed E-state index contributed by atoms with van der Waals surface area (Å²) in [5, 5.41) is 15.7. The van der Waals surface area contributed by atoms with Gasteiger partial charge in [0.25, 0.3) is 0 Å². The van der Waals surface area contributed by atoms with Gasteiger partial charge < -0.3 is 37.1 Å². The largest absolute Gasteiger partial charge is 0.480 e. The maximum Gasteiger partial charge on any atom is 0.326 e. The standard InChI is InChI=1S/C25H36N6O5/c1-15(24(34)31-12-6-10-21(31)25(35)36)29-23(33)20(9-4-5-11-26)30-22(32)18(27)13-16-14-28-19-8-3-2-7-17(16)19/h2-3,7-8,14-15,18,20-21,28H,4-6,9-13,26-27H2,1H3,(H,29,33)(H,30,32)(H,35,36). The summed E-state index contributed by atoms with van der Waals surface area (Å²) in [6.07, 6.45) is 4.68. The van der Waals surface area contributed by atoms with Crippen molar-refractivity contribution in [3.63, 3.8) is 0 Å². The van der Waals surface area contributed by atoms with Crippen LogP contribution in [0.25, 0.3) is 10.9 Å². The lowest BCUT2D eigenvalue weighted by atomic mass is 10.0. The number of nitrogens with two attached hydrogens (primary N) is 2. The lowest BCUT2D eigenvalue weighted by Crippen LogP contribution is -2.56. The number of aromatic amines is 1. The van der Waals surface area contributed by atoms with Gasteiger partial charge in [-0.25, -0.2) is 4.79 Å². The van der Waals surface area contributed by atoms with Crippen molar-refractivity contribution < 1.29 is 24.3 Å². The molecule has 196 valence electrons. The van der Waals surface area contributed by atoms with Gasteiger partial charge in [-0.3, -0.25) is 14.4 Å². The zero-order chi connectivity index (χ0) is 26.2. The van der Waals surface area contributed by atoms with Crippen LogP contribution < -0.4 is 22.1 Å². The number of aromatic nitrogens is 1. The van der Waals surface area contributed by atoms with E-state index >= 15 is 0 Å². The Morgan fingerprint density at radius 1 is 1.17 bits per heavy atom. The third-order valence-corrected chi connectivity index (χ3v) is 6.58. The first-order valence-corrected chi connectivity index (χ1v) is 12.4. The van der Waals surface area contributed by atoms with Crippen molar-refractivity contribution in [3.05, 3.63) is 36.0 Å². The molecule has 8 N–H and O–H groups in total. The molecule has 11 heteroatoms. The minimum absolute atomic E-state index is 0.285. The van der Waals surface area contributed by atoms with E-state index in [0.29, 0.717) is 45.2 Å². The van der Waals surface area contributed by atoms with E-state index in [2.05, 4.69) is 15.6 Å². The number of H-pyrrole nitrogens is 1. The number of benzene rings is 1. The van der Waals surface area contributed by atoms with Gasteiger partial charge in [0, 0.05) is 23.6 Å². The smallest absolute Gasteiger partial charge is 0.326 e. The predicted molar refractivity (Wildman–Crippen MR) is 135 cm³/mol. The Labute approximate surface area is 210 Å². The van der Waals surface area contributed by atoms with Crippen LogP contribution in [0.4, 0.5) is 0 Å². The van der Waals surface area contributed by atoms with E-state index in [1.54, 1.807) is 0 Å². The number of carbonyl (C=O) groups is 4.